The maximum absolute atomic E-state index is 13.7. The quantitative estimate of drug-likeness (QED) is 0.855. The third kappa shape index (κ3) is 4.15. The largest absolute Gasteiger partial charge is 0.344 e. The first-order chi connectivity index (χ1) is 9.63. The van der Waals surface area contributed by atoms with Crippen molar-refractivity contribution < 1.29 is 14.0 Å². The monoisotopic (exact) mass is 315 g/mol. The zero-order valence-corrected chi connectivity index (χ0v) is 12.6. The SMILES string of the molecule is CNCCC(=O)NC1CCN(c2ccccc2F)C1=O.Cl. The van der Waals surface area contributed by atoms with Crippen LogP contribution in [-0.4, -0.2) is 38.0 Å². The van der Waals surface area contributed by atoms with Gasteiger partial charge in [-0.15, -0.1) is 12.4 Å². The van der Waals surface area contributed by atoms with E-state index in [0.29, 0.717) is 25.9 Å². The second kappa shape index (κ2) is 7.95. The van der Waals surface area contributed by atoms with Crippen LogP contribution in [0, 0.1) is 5.82 Å². The molecule has 1 fully saturated rings. The summed E-state index contributed by atoms with van der Waals surface area (Å²) in [6.07, 6.45) is 0.818. The molecule has 1 aliphatic heterocycles. The van der Waals surface area contributed by atoms with Gasteiger partial charge in [0.25, 0.3) is 0 Å². The molecule has 1 heterocycles. The number of hydrogen-bond donors (Lipinski definition) is 2. The Bertz CT molecular complexity index is 513. The first-order valence-corrected chi connectivity index (χ1v) is 6.63. The van der Waals surface area contributed by atoms with E-state index in [1.54, 1.807) is 25.2 Å². The van der Waals surface area contributed by atoms with Crippen molar-refractivity contribution in [1.29, 1.82) is 0 Å². The topological polar surface area (TPSA) is 61.4 Å². The van der Waals surface area contributed by atoms with Crippen molar-refractivity contribution in [3.63, 3.8) is 0 Å². The molecule has 5 nitrogen and oxygen atoms in total. The molecule has 21 heavy (non-hydrogen) atoms. The van der Waals surface area contributed by atoms with Crippen LogP contribution >= 0.6 is 12.4 Å². The Morgan fingerprint density at radius 1 is 1.43 bits per heavy atom. The van der Waals surface area contributed by atoms with Crippen LogP contribution in [0.5, 0.6) is 0 Å². The minimum atomic E-state index is -0.557. The molecule has 2 amide bonds. The van der Waals surface area contributed by atoms with Gasteiger partial charge < -0.3 is 15.5 Å². The molecule has 1 aromatic rings. The van der Waals surface area contributed by atoms with Gasteiger partial charge in [0.1, 0.15) is 11.9 Å². The summed E-state index contributed by atoms with van der Waals surface area (Å²) in [6.45, 7) is 0.973. The number of rotatable bonds is 5. The van der Waals surface area contributed by atoms with Gasteiger partial charge in [0.2, 0.25) is 11.8 Å². The van der Waals surface area contributed by atoms with Gasteiger partial charge in [-0.05, 0) is 25.6 Å². The highest BCUT2D eigenvalue weighted by molar-refractivity contribution is 6.01. The minimum Gasteiger partial charge on any atom is -0.344 e. The van der Waals surface area contributed by atoms with Crippen LogP contribution in [0.1, 0.15) is 12.8 Å². The summed E-state index contributed by atoms with van der Waals surface area (Å²) in [5.41, 5.74) is 0.268. The maximum Gasteiger partial charge on any atom is 0.249 e. The predicted octanol–water partition coefficient (Wildman–Crippen LogP) is 1.08. The second-order valence-corrected chi connectivity index (χ2v) is 4.70. The Morgan fingerprint density at radius 2 is 2.14 bits per heavy atom. The van der Waals surface area contributed by atoms with Crippen LogP contribution in [0.4, 0.5) is 10.1 Å². The first-order valence-electron chi connectivity index (χ1n) is 6.63. The van der Waals surface area contributed by atoms with Gasteiger partial charge in [-0.3, -0.25) is 9.59 Å². The van der Waals surface area contributed by atoms with E-state index in [9.17, 15) is 14.0 Å². The molecule has 1 unspecified atom stereocenters. The van der Waals surface area contributed by atoms with Crippen LogP contribution < -0.4 is 15.5 Å². The summed E-state index contributed by atoms with van der Waals surface area (Å²) < 4.78 is 13.7. The van der Waals surface area contributed by atoms with Crippen LogP contribution in [-0.2, 0) is 9.59 Å². The number of anilines is 1. The van der Waals surface area contributed by atoms with Gasteiger partial charge in [0.15, 0.2) is 0 Å². The highest BCUT2D eigenvalue weighted by Gasteiger charge is 2.34. The van der Waals surface area contributed by atoms with Crippen LogP contribution in [0.25, 0.3) is 0 Å². The minimum absolute atomic E-state index is 0. The average molecular weight is 316 g/mol. The lowest BCUT2D eigenvalue weighted by molar-refractivity contribution is -0.126. The smallest absolute Gasteiger partial charge is 0.249 e. The van der Waals surface area contributed by atoms with Gasteiger partial charge in [-0.25, -0.2) is 4.39 Å². The molecule has 0 radical (unpaired) electrons. The predicted molar refractivity (Wildman–Crippen MR) is 81.1 cm³/mol. The van der Waals surface area contributed by atoms with Crippen molar-refractivity contribution in [2.24, 2.45) is 0 Å². The number of para-hydroxylation sites is 1. The number of carbonyl (C=O) groups is 2. The molecule has 0 aliphatic carbocycles. The summed E-state index contributed by atoms with van der Waals surface area (Å²) in [6, 6.07) is 5.60. The lowest BCUT2D eigenvalue weighted by Crippen LogP contribution is -2.42. The molecule has 1 atom stereocenters. The molecule has 0 bridgehead atoms. The van der Waals surface area contributed by atoms with E-state index in [2.05, 4.69) is 10.6 Å². The number of halogens is 2. The van der Waals surface area contributed by atoms with Crippen molar-refractivity contribution in [3.05, 3.63) is 30.1 Å². The zero-order chi connectivity index (χ0) is 14.5. The number of nitrogens with zero attached hydrogens (tertiary/aromatic N) is 1. The third-order valence-corrected chi connectivity index (χ3v) is 3.29. The Labute approximate surface area is 129 Å². The second-order valence-electron chi connectivity index (χ2n) is 4.70. The summed E-state index contributed by atoms with van der Waals surface area (Å²) in [7, 11) is 1.76. The Kier molecular flexibility index (Phi) is 6.58. The summed E-state index contributed by atoms with van der Waals surface area (Å²) in [5.74, 6) is -0.857. The molecule has 2 rings (SSSR count). The molecular weight excluding hydrogens is 297 g/mol. The summed E-state index contributed by atoms with van der Waals surface area (Å²) in [4.78, 5) is 25.2. The van der Waals surface area contributed by atoms with E-state index in [0.717, 1.165) is 0 Å². The molecule has 1 saturated heterocycles. The van der Waals surface area contributed by atoms with Gasteiger partial charge in [0, 0.05) is 19.5 Å². The summed E-state index contributed by atoms with van der Waals surface area (Å²) in [5, 5.41) is 5.56. The fourth-order valence-electron chi connectivity index (χ4n) is 2.23. The molecule has 1 aromatic carbocycles. The number of hydrogen-bond acceptors (Lipinski definition) is 3. The standard InChI is InChI=1S/C14H18FN3O2.ClH/c1-16-8-6-13(19)17-11-7-9-18(14(11)20)12-5-3-2-4-10(12)15;/h2-5,11,16H,6-9H2,1H3,(H,17,19);1H. The Morgan fingerprint density at radius 3 is 2.81 bits per heavy atom. The van der Waals surface area contributed by atoms with Gasteiger partial charge in [0.05, 0.1) is 5.69 Å². The lowest BCUT2D eigenvalue weighted by Gasteiger charge is -2.17. The third-order valence-electron chi connectivity index (χ3n) is 3.29. The Balaban J connectivity index is 0.00000220. The van der Waals surface area contributed by atoms with Crippen LogP contribution in [0.15, 0.2) is 24.3 Å². The van der Waals surface area contributed by atoms with Gasteiger partial charge >= 0.3 is 0 Å². The van der Waals surface area contributed by atoms with Crippen molar-refractivity contribution in [2.45, 2.75) is 18.9 Å². The van der Waals surface area contributed by atoms with Gasteiger partial charge in [-0.1, -0.05) is 12.1 Å². The van der Waals surface area contributed by atoms with Crippen molar-refractivity contribution in [3.8, 4) is 0 Å². The van der Waals surface area contributed by atoms with E-state index in [1.165, 1.54) is 11.0 Å². The van der Waals surface area contributed by atoms with Crippen LogP contribution in [0.3, 0.4) is 0 Å². The fraction of sp³-hybridized carbons (Fsp3) is 0.429. The number of nitrogens with one attached hydrogen (secondary N) is 2. The van der Waals surface area contributed by atoms with E-state index < -0.39 is 11.9 Å². The zero-order valence-electron chi connectivity index (χ0n) is 11.8. The van der Waals surface area contributed by atoms with E-state index in [4.69, 9.17) is 0 Å². The lowest BCUT2D eigenvalue weighted by atomic mass is 10.2. The van der Waals surface area contributed by atoms with Crippen molar-refractivity contribution >= 4 is 29.9 Å². The fourth-order valence-corrected chi connectivity index (χ4v) is 2.23. The normalized spacial score (nSPS) is 17.5. The number of amides is 2. The molecule has 7 heteroatoms. The molecule has 116 valence electrons. The molecule has 1 aliphatic rings. The van der Waals surface area contributed by atoms with E-state index in [1.807, 2.05) is 0 Å². The Hall–Kier alpha value is -1.66. The highest BCUT2D eigenvalue weighted by Crippen LogP contribution is 2.24. The molecule has 0 aromatic heterocycles. The highest BCUT2D eigenvalue weighted by atomic mass is 35.5. The molecular formula is C14H19ClFN3O2. The summed E-state index contributed by atoms with van der Waals surface area (Å²) >= 11 is 0. The molecule has 2 N–H and O–H groups in total. The molecule has 0 spiro atoms. The first kappa shape index (κ1) is 17.4. The van der Waals surface area contributed by atoms with Crippen molar-refractivity contribution in [1.82, 2.24) is 10.6 Å². The van der Waals surface area contributed by atoms with E-state index in [-0.39, 0.29) is 29.9 Å². The van der Waals surface area contributed by atoms with Crippen molar-refractivity contribution in [2.75, 3.05) is 25.0 Å². The maximum atomic E-state index is 13.7. The molecule has 0 saturated carbocycles. The van der Waals surface area contributed by atoms with E-state index >= 15 is 0 Å². The average Bonchev–Trinajstić information content (AvgIpc) is 2.79. The number of benzene rings is 1. The number of carbonyl (C=O) groups excluding carboxylic acids is 2. The van der Waals surface area contributed by atoms with Gasteiger partial charge in [-0.2, -0.15) is 0 Å². The van der Waals surface area contributed by atoms with Crippen LogP contribution in [0.2, 0.25) is 0 Å².